The van der Waals surface area contributed by atoms with Crippen LogP contribution in [0.4, 0.5) is 4.39 Å². The quantitative estimate of drug-likeness (QED) is 0.202. The van der Waals surface area contributed by atoms with Gasteiger partial charge in [0.1, 0.15) is 22.6 Å². The molecular weight excluding hydrogens is 631 g/mol. The van der Waals surface area contributed by atoms with Gasteiger partial charge in [-0.3, -0.25) is 0 Å². The van der Waals surface area contributed by atoms with Gasteiger partial charge in [-0.25, -0.2) is 4.39 Å². The van der Waals surface area contributed by atoms with E-state index < -0.39 is 5.60 Å². The summed E-state index contributed by atoms with van der Waals surface area (Å²) in [6, 6.07) is 26.5. The standard InChI is InChI=1S/C35H21Br2FO2/c36-28-17-26-31(23-9-2-1-8-22(23)28)33-27(18-29(37)32-24-10-4-6-12-30(24)40-34(32)33)35(26,39)25-11-5-3-7-21(25)19-13-15-20(38)16-14-19/h2-7,9-18,39H,1,8H2. The number of furan rings is 1. The molecule has 1 heterocycles. The van der Waals surface area contributed by atoms with E-state index in [1.807, 2.05) is 48.5 Å². The van der Waals surface area contributed by atoms with E-state index in [-0.39, 0.29) is 5.82 Å². The SMILES string of the molecule is OC1(c2ccccc2-c2ccc(F)cc2)c2cc(Br)c3c(c2-c2c1cc(Br)c1c2oc2ccccc21)C=CCC3. The molecule has 194 valence electrons. The van der Waals surface area contributed by atoms with Crippen molar-refractivity contribution in [3.63, 3.8) is 0 Å². The number of hydrogen-bond donors (Lipinski definition) is 1. The highest BCUT2D eigenvalue weighted by Crippen LogP contribution is 2.59. The van der Waals surface area contributed by atoms with E-state index >= 15 is 0 Å². The molecule has 0 radical (unpaired) electrons. The number of allylic oxidation sites excluding steroid dienone is 1. The summed E-state index contributed by atoms with van der Waals surface area (Å²) in [5.41, 5.74) is 8.28. The summed E-state index contributed by atoms with van der Waals surface area (Å²) < 4.78 is 22.3. The maximum absolute atomic E-state index is 13.9. The fourth-order valence-corrected chi connectivity index (χ4v) is 7.90. The Morgan fingerprint density at radius 3 is 2.38 bits per heavy atom. The summed E-state index contributed by atoms with van der Waals surface area (Å²) in [4.78, 5) is 0. The van der Waals surface area contributed by atoms with E-state index in [1.165, 1.54) is 17.7 Å². The summed E-state index contributed by atoms with van der Waals surface area (Å²) in [7, 11) is 0. The van der Waals surface area contributed by atoms with Crippen LogP contribution in [0.25, 0.3) is 50.3 Å². The number of fused-ring (bicyclic) bond motifs is 9. The first-order valence-corrected chi connectivity index (χ1v) is 14.8. The summed E-state index contributed by atoms with van der Waals surface area (Å²) >= 11 is 7.69. The van der Waals surface area contributed by atoms with Crippen molar-refractivity contribution < 1.29 is 13.9 Å². The van der Waals surface area contributed by atoms with Crippen LogP contribution in [0.2, 0.25) is 0 Å². The first-order valence-electron chi connectivity index (χ1n) is 13.2. The van der Waals surface area contributed by atoms with Gasteiger partial charge in [0.25, 0.3) is 0 Å². The molecule has 2 aliphatic rings. The Morgan fingerprint density at radius 1 is 0.800 bits per heavy atom. The molecule has 0 saturated heterocycles. The Kier molecular flexibility index (Phi) is 5.31. The van der Waals surface area contributed by atoms with Gasteiger partial charge >= 0.3 is 0 Å². The van der Waals surface area contributed by atoms with Crippen molar-refractivity contribution in [1.29, 1.82) is 0 Å². The van der Waals surface area contributed by atoms with Crippen LogP contribution < -0.4 is 0 Å². The molecular formula is C35H21Br2FO2. The Hall–Kier alpha value is -3.51. The zero-order valence-corrected chi connectivity index (χ0v) is 24.3. The average Bonchev–Trinajstić information content (AvgIpc) is 3.49. The fourth-order valence-electron chi connectivity index (χ4n) is 6.63. The normalized spacial score (nSPS) is 17.3. The van der Waals surface area contributed by atoms with Gasteiger partial charge in [0, 0.05) is 47.5 Å². The topological polar surface area (TPSA) is 33.4 Å². The molecule has 5 aromatic carbocycles. The predicted octanol–water partition coefficient (Wildman–Crippen LogP) is 10.1. The molecule has 8 rings (SSSR count). The number of aliphatic hydroxyl groups is 1. The third-order valence-corrected chi connectivity index (χ3v) is 9.71. The molecule has 1 unspecified atom stereocenters. The molecule has 40 heavy (non-hydrogen) atoms. The summed E-state index contributed by atoms with van der Waals surface area (Å²) in [5.74, 6) is -0.296. The van der Waals surface area contributed by atoms with Crippen molar-refractivity contribution in [2.45, 2.75) is 18.4 Å². The van der Waals surface area contributed by atoms with Gasteiger partial charge < -0.3 is 9.52 Å². The minimum atomic E-state index is -1.49. The Labute approximate surface area is 247 Å². The summed E-state index contributed by atoms with van der Waals surface area (Å²) in [5, 5.41) is 15.2. The maximum atomic E-state index is 13.9. The smallest absolute Gasteiger partial charge is 0.144 e. The van der Waals surface area contributed by atoms with Crippen LogP contribution in [0.3, 0.4) is 0 Å². The monoisotopic (exact) mass is 650 g/mol. The lowest BCUT2D eigenvalue weighted by Crippen LogP contribution is -2.27. The third kappa shape index (κ3) is 3.23. The molecule has 1 atom stereocenters. The van der Waals surface area contributed by atoms with Crippen molar-refractivity contribution in [3.8, 4) is 22.3 Å². The molecule has 0 saturated carbocycles. The third-order valence-electron chi connectivity index (χ3n) is 8.37. The molecule has 1 aromatic heterocycles. The van der Waals surface area contributed by atoms with Crippen molar-refractivity contribution >= 4 is 59.9 Å². The van der Waals surface area contributed by atoms with E-state index in [2.05, 4.69) is 56.1 Å². The summed E-state index contributed by atoms with van der Waals surface area (Å²) in [6.07, 6.45) is 6.27. The predicted molar refractivity (Wildman–Crippen MR) is 166 cm³/mol. The van der Waals surface area contributed by atoms with Gasteiger partial charge in [-0.2, -0.15) is 0 Å². The fraction of sp³-hybridized carbons (Fsp3) is 0.0857. The Morgan fingerprint density at radius 2 is 1.52 bits per heavy atom. The van der Waals surface area contributed by atoms with Crippen LogP contribution in [0.1, 0.15) is 34.2 Å². The van der Waals surface area contributed by atoms with Crippen molar-refractivity contribution in [2.75, 3.05) is 0 Å². The average molecular weight is 652 g/mol. The number of benzene rings is 5. The molecule has 6 aromatic rings. The van der Waals surface area contributed by atoms with E-state index in [0.717, 1.165) is 88.2 Å². The highest BCUT2D eigenvalue weighted by molar-refractivity contribution is 9.11. The number of para-hydroxylation sites is 1. The van der Waals surface area contributed by atoms with Crippen LogP contribution in [0, 0.1) is 5.82 Å². The minimum Gasteiger partial charge on any atom is -0.455 e. The molecule has 0 aliphatic heterocycles. The lowest BCUT2D eigenvalue weighted by molar-refractivity contribution is 0.131. The van der Waals surface area contributed by atoms with Crippen LogP contribution in [-0.4, -0.2) is 5.11 Å². The van der Waals surface area contributed by atoms with Gasteiger partial charge in [-0.1, -0.05) is 82.7 Å². The molecule has 0 spiro atoms. The zero-order chi connectivity index (χ0) is 27.2. The second-order valence-corrected chi connectivity index (χ2v) is 12.2. The Balaban J connectivity index is 1.55. The zero-order valence-electron chi connectivity index (χ0n) is 21.1. The van der Waals surface area contributed by atoms with Gasteiger partial charge in [0.2, 0.25) is 0 Å². The maximum Gasteiger partial charge on any atom is 0.144 e. The molecule has 0 fully saturated rings. The largest absolute Gasteiger partial charge is 0.455 e. The molecule has 2 aliphatic carbocycles. The van der Waals surface area contributed by atoms with E-state index in [9.17, 15) is 9.50 Å². The van der Waals surface area contributed by atoms with E-state index in [4.69, 9.17) is 4.42 Å². The number of halogens is 3. The Bertz CT molecular complexity index is 2060. The molecule has 0 amide bonds. The molecule has 2 nitrogen and oxygen atoms in total. The van der Waals surface area contributed by atoms with Crippen LogP contribution in [0.5, 0.6) is 0 Å². The van der Waals surface area contributed by atoms with E-state index in [0.29, 0.717) is 0 Å². The first kappa shape index (κ1) is 24.3. The first-order chi connectivity index (χ1) is 19.5. The molecule has 5 heteroatoms. The van der Waals surface area contributed by atoms with Gasteiger partial charge in [-0.05, 0) is 81.4 Å². The lowest BCUT2D eigenvalue weighted by Gasteiger charge is -2.30. The summed E-state index contributed by atoms with van der Waals surface area (Å²) in [6.45, 7) is 0. The van der Waals surface area contributed by atoms with Crippen molar-refractivity contribution in [3.05, 3.63) is 134 Å². The highest BCUT2D eigenvalue weighted by atomic mass is 79.9. The number of rotatable bonds is 2. The van der Waals surface area contributed by atoms with Gasteiger partial charge in [-0.15, -0.1) is 0 Å². The lowest BCUT2D eigenvalue weighted by atomic mass is 9.79. The highest BCUT2D eigenvalue weighted by Gasteiger charge is 2.48. The second-order valence-electron chi connectivity index (χ2n) is 10.5. The van der Waals surface area contributed by atoms with Crippen molar-refractivity contribution in [2.24, 2.45) is 0 Å². The van der Waals surface area contributed by atoms with Crippen LogP contribution in [0.15, 0.2) is 104 Å². The number of hydrogen-bond acceptors (Lipinski definition) is 2. The molecule has 0 bridgehead atoms. The van der Waals surface area contributed by atoms with Gasteiger partial charge in [0.15, 0.2) is 0 Å². The van der Waals surface area contributed by atoms with Crippen LogP contribution >= 0.6 is 31.9 Å². The van der Waals surface area contributed by atoms with E-state index in [1.54, 1.807) is 12.1 Å². The van der Waals surface area contributed by atoms with Crippen LogP contribution in [-0.2, 0) is 12.0 Å². The van der Waals surface area contributed by atoms with Crippen molar-refractivity contribution in [1.82, 2.24) is 0 Å². The minimum absolute atomic E-state index is 0.296. The second kappa shape index (κ2) is 8.74. The van der Waals surface area contributed by atoms with Gasteiger partial charge in [0.05, 0.1) is 0 Å². The molecule has 1 N–H and O–H groups in total.